The fourth-order valence-electron chi connectivity index (χ4n) is 5.24. The van der Waals surface area contributed by atoms with Crippen molar-refractivity contribution in [3.05, 3.63) is 83.4 Å². The van der Waals surface area contributed by atoms with Gasteiger partial charge in [0.15, 0.2) is 0 Å². The molecule has 1 fully saturated rings. The number of thioether (sulfide) groups is 1. The van der Waals surface area contributed by atoms with Crippen LogP contribution in [0.5, 0.6) is 0 Å². The van der Waals surface area contributed by atoms with Gasteiger partial charge in [-0.25, -0.2) is 0 Å². The van der Waals surface area contributed by atoms with Gasteiger partial charge < -0.3 is 4.90 Å². The molecule has 0 radical (unpaired) electrons. The summed E-state index contributed by atoms with van der Waals surface area (Å²) in [7, 11) is 0. The number of hydrogen-bond acceptors (Lipinski definition) is 4. The predicted octanol–water partition coefficient (Wildman–Crippen LogP) is 5.43. The molecule has 6 heteroatoms. The highest BCUT2D eigenvalue weighted by Gasteiger charge is 2.34. The minimum atomic E-state index is -0.162. The van der Waals surface area contributed by atoms with Crippen LogP contribution in [-0.4, -0.2) is 58.7 Å². The number of likely N-dealkylation sites (tertiary alicyclic amines) is 1. The van der Waals surface area contributed by atoms with E-state index in [9.17, 15) is 14.4 Å². The summed E-state index contributed by atoms with van der Waals surface area (Å²) >= 11 is 1.95. The van der Waals surface area contributed by atoms with E-state index in [1.54, 1.807) is 24.3 Å². The van der Waals surface area contributed by atoms with Crippen molar-refractivity contribution in [2.45, 2.75) is 32.1 Å². The lowest BCUT2D eigenvalue weighted by Crippen LogP contribution is -2.39. The van der Waals surface area contributed by atoms with E-state index in [-0.39, 0.29) is 17.7 Å². The van der Waals surface area contributed by atoms with E-state index in [0.29, 0.717) is 30.0 Å². The van der Waals surface area contributed by atoms with Gasteiger partial charge in [0.2, 0.25) is 5.91 Å². The summed E-state index contributed by atoms with van der Waals surface area (Å²) in [5, 5.41) is 2.35. The van der Waals surface area contributed by atoms with Crippen LogP contribution in [0.3, 0.4) is 0 Å². The van der Waals surface area contributed by atoms with Gasteiger partial charge in [-0.3, -0.25) is 19.3 Å². The second-order valence-electron chi connectivity index (χ2n) is 9.73. The highest BCUT2D eigenvalue weighted by molar-refractivity contribution is 7.99. The Morgan fingerprint density at radius 1 is 0.833 bits per heavy atom. The number of amides is 3. The third-order valence-electron chi connectivity index (χ3n) is 7.34. The van der Waals surface area contributed by atoms with Crippen LogP contribution in [0.4, 0.5) is 0 Å². The summed E-state index contributed by atoms with van der Waals surface area (Å²) in [5.41, 5.74) is 2.16. The molecule has 1 saturated heterocycles. The number of carbonyl (C=O) groups excluding carboxylic acids is 3. The van der Waals surface area contributed by atoms with Crippen LogP contribution in [0.15, 0.2) is 66.7 Å². The first-order chi connectivity index (χ1) is 17.6. The second kappa shape index (κ2) is 11.3. The SMILES string of the molecule is O=C(Cc1cccc2ccccc12)N1CCC(CSCCCCN2C(=O)c3ccccc3C2=O)CC1. The molecule has 36 heavy (non-hydrogen) atoms. The molecule has 2 aliphatic rings. The molecule has 3 aromatic carbocycles. The van der Waals surface area contributed by atoms with E-state index in [1.165, 1.54) is 15.7 Å². The smallest absolute Gasteiger partial charge is 0.261 e. The summed E-state index contributed by atoms with van der Waals surface area (Å²) in [5.74, 6) is 2.69. The van der Waals surface area contributed by atoms with Crippen molar-refractivity contribution in [3.8, 4) is 0 Å². The quantitative estimate of drug-likeness (QED) is 0.290. The predicted molar refractivity (Wildman–Crippen MR) is 145 cm³/mol. The van der Waals surface area contributed by atoms with Crippen molar-refractivity contribution in [2.75, 3.05) is 31.1 Å². The number of rotatable bonds is 9. The van der Waals surface area contributed by atoms with Crippen molar-refractivity contribution in [1.29, 1.82) is 0 Å². The molecule has 0 saturated carbocycles. The van der Waals surface area contributed by atoms with E-state index < -0.39 is 0 Å². The van der Waals surface area contributed by atoms with E-state index in [4.69, 9.17) is 0 Å². The van der Waals surface area contributed by atoms with Crippen LogP contribution in [0.1, 0.15) is 52.0 Å². The Morgan fingerprint density at radius 2 is 1.50 bits per heavy atom. The average Bonchev–Trinajstić information content (AvgIpc) is 3.16. The molecular weight excluding hydrogens is 468 g/mol. The maximum absolute atomic E-state index is 12.9. The Morgan fingerprint density at radius 3 is 2.25 bits per heavy atom. The van der Waals surface area contributed by atoms with Crippen LogP contribution in [0.25, 0.3) is 10.8 Å². The van der Waals surface area contributed by atoms with E-state index in [1.807, 2.05) is 34.9 Å². The third-order valence-corrected chi connectivity index (χ3v) is 8.63. The lowest BCUT2D eigenvalue weighted by molar-refractivity contribution is -0.131. The molecule has 3 aromatic rings. The van der Waals surface area contributed by atoms with Crippen molar-refractivity contribution in [2.24, 2.45) is 5.92 Å². The number of benzene rings is 3. The lowest BCUT2D eigenvalue weighted by Gasteiger charge is -2.32. The first-order valence-corrected chi connectivity index (χ1v) is 14.0. The van der Waals surface area contributed by atoms with E-state index in [0.717, 1.165) is 55.8 Å². The van der Waals surface area contributed by atoms with Crippen LogP contribution in [-0.2, 0) is 11.2 Å². The Kier molecular flexibility index (Phi) is 7.71. The number of nitrogens with zero attached hydrogens (tertiary/aromatic N) is 2. The third kappa shape index (κ3) is 5.34. The minimum Gasteiger partial charge on any atom is -0.342 e. The van der Waals surface area contributed by atoms with Gasteiger partial charge in [0.05, 0.1) is 17.5 Å². The van der Waals surface area contributed by atoms with Crippen molar-refractivity contribution >= 4 is 40.3 Å². The van der Waals surface area contributed by atoms with Crippen LogP contribution >= 0.6 is 11.8 Å². The summed E-state index contributed by atoms with van der Waals surface area (Å²) in [6.45, 7) is 2.17. The molecule has 0 aromatic heterocycles. The van der Waals surface area contributed by atoms with Gasteiger partial charge in [0.25, 0.3) is 11.8 Å². The maximum Gasteiger partial charge on any atom is 0.261 e. The number of imide groups is 1. The molecular formula is C30H32N2O3S. The summed E-state index contributed by atoms with van der Waals surface area (Å²) in [6.07, 6.45) is 4.40. The Labute approximate surface area is 216 Å². The topological polar surface area (TPSA) is 57.7 Å². The van der Waals surface area contributed by atoms with Crippen LogP contribution in [0.2, 0.25) is 0 Å². The van der Waals surface area contributed by atoms with Crippen LogP contribution in [0, 0.1) is 5.92 Å². The van der Waals surface area contributed by atoms with Gasteiger partial charge in [0.1, 0.15) is 0 Å². The fraction of sp³-hybridized carbons (Fsp3) is 0.367. The monoisotopic (exact) mass is 500 g/mol. The molecule has 0 N–H and O–H groups in total. The van der Waals surface area contributed by atoms with Gasteiger partial charge in [0, 0.05) is 19.6 Å². The average molecular weight is 501 g/mol. The summed E-state index contributed by atoms with van der Waals surface area (Å²) < 4.78 is 0. The minimum absolute atomic E-state index is 0.162. The zero-order valence-electron chi connectivity index (χ0n) is 20.5. The van der Waals surface area contributed by atoms with Gasteiger partial charge in [-0.2, -0.15) is 11.8 Å². The van der Waals surface area contributed by atoms with E-state index >= 15 is 0 Å². The van der Waals surface area contributed by atoms with Gasteiger partial charge in [-0.1, -0.05) is 54.6 Å². The zero-order chi connectivity index (χ0) is 24.9. The standard InChI is InChI=1S/C30H32N2O3S/c33-28(20-24-10-7-9-23-8-1-2-11-25(23)24)31-17-14-22(15-18-31)21-36-19-6-5-16-32-29(34)26-12-3-4-13-27(26)30(32)35/h1-4,7-13,22H,5-6,14-21H2. The molecule has 0 unspecified atom stereocenters. The largest absolute Gasteiger partial charge is 0.342 e. The highest BCUT2D eigenvalue weighted by atomic mass is 32.2. The number of hydrogen-bond donors (Lipinski definition) is 0. The Hall–Kier alpha value is -3.12. The van der Waals surface area contributed by atoms with Gasteiger partial charge >= 0.3 is 0 Å². The second-order valence-corrected chi connectivity index (χ2v) is 10.9. The fourth-order valence-corrected chi connectivity index (χ4v) is 6.48. The van der Waals surface area contributed by atoms with Crippen LogP contribution < -0.4 is 0 Å². The number of unbranched alkanes of at least 4 members (excludes halogenated alkanes) is 1. The molecule has 0 bridgehead atoms. The molecule has 186 valence electrons. The van der Waals surface area contributed by atoms with E-state index in [2.05, 4.69) is 24.3 Å². The van der Waals surface area contributed by atoms with Gasteiger partial charge in [-0.05, 0) is 71.6 Å². The molecule has 5 rings (SSSR count). The normalized spacial score (nSPS) is 16.1. The summed E-state index contributed by atoms with van der Waals surface area (Å²) in [6, 6.07) is 21.5. The van der Waals surface area contributed by atoms with Crippen molar-refractivity contribution < 1.29 is 14.4 Å². The molecule has 5 nitrogen and oxygen atoms in total. The van der Waals surface area contributed by atoms with Gasteiger partial charge in [-0.15, -0.1) is 0 Å². The Bertz CT molecular complexity index is 1230. The molecule has 0 spiro atoms. The number of piperidine rings is 1. The van der Waals surface area contributed by atoms with Crippen molar-refractivity contribution in [1.82, 2.24) is 9.80 Å². The maximum atomic E-state index is 12.9. The summed E-state index contributed by atoms with van der Waals surface area (Å²) in [4.78, 5) is 41.2. The Balaban J connectivity index is 0.986. The zero-order valence-corrected chi connectivity index (χ0v) is 21.3. The lowest BCUT2D eigenvalue weighted by atomic mass is 9.97. The van der Waals surface area contributed by atoms with Crippen molar-refractivity contribution in [3.63, 3.8) is 0 Å². The first kappa shape index (κ1) is 24.6. The molecule has 3 amide bonds. The highest BCUT2D eigenvalue weighted by Crippen LogP contribution is 2.25. The number of carbonyl (C=O) groups is 3. The number of fused-ring (bicyclic) bond motifs is 2. The molecule has 2 heterocycles. The molecule has 0 atom stereocenters. The molecule has 0 aliphatic carbocycles. The first-order valence-electron chi connectivity index (χ1n) is 12.9. The molecule has 2 aliphatic heterocycles.